The molecular formula is C7H6ClNO3. The maximum Gasteiger partial charge on any atom is 0.356 e. The summed E-state index contributed by atoms with van der Waals surface area (Å²) in [5, 5.41) is 17.2. The summed E-state index contributed by atoms with van der Waals surface area (Å²) in [5.41, 5.74) is 0.291. The number of aromatic nitrogens is 1. The van der Waals surface area contributed by atoms with Crippen molar-refractivity contribution < 1.29 is 15.0 Å². The quantitative estimate of drug-likeness (QED) is 0.723. The summed E-state index contributed by atoms with van der Waals surface area (Å²) in [6.45, 7) is -0.202. The third-order valence-electron chi connectivity index (χ3n) is 1.28. The third kappa shape index (κ3) is 1.72. The van der Waals surface area contributed by atoms with E-state index >= 15 is 0 Å². The van der Waals surface area contributed by atoms with E-state index in [2.05, 4.69) is 4.98 Å². The molecule has 0 saturated heterocycles. The van der Waals surface area contributed by atoms with Gasteiger partial charge in [-0.05, 0) is 11.6 Å². The summed E-state index contributed by atoms with van der Waals surface area (Å²) in [6, 6.07) is 1.37. The molecule has 0 aromatic carbocycles. The first-order valence-corrected chi connectivity index (χ1v) is 3.51. The lowest BCUT2D eigenvalue weighted by Gasteiger charge is -1.99. The van der Waals surface area contributed by atoms with Crippen molar-refractivity contribution in [1.29, 1.82) is 0 Å². The Hall–Kier alpha value is -1.13. The van der Waals surface area contributed by atoms with Gasteiger partial charge in [-0.15, -0.1) is 0 Å². The molecule has 0 aliphatic rings. The van der Waals surface area contributed by atoms with Gasteiger partial charge in [0, 0.05) is 6.20 Å². The van der Waals surface area contributed by atoms with Crippen LogP contribution in [0.4, 0.5) is 0 Å². The first-order chi connectivity index (χ1) is 5.65. The number of carboxylic acid groups (broad SMARTS) is 1. The van der Waals surface area contributed by atoms with Crippen LogP contribution in [0.15, 0.2) is 12.3 Å². The van der Waals surface area contributed by atoms with Gasteiger partial charge in [0.05, 0.1) is 11.6 Å². The number of hydrogen-bond acceptors (Lipinski definition) is 3. The van der Waals surface area contributed by atoms with E-state index in [1.165, 1.54) is 12.3 Å². The minimum Gasteiger partial charge on any atom is -0.476 e. The molecule has 4 nitrogen and oxygen atoms in total. The molecule has 0 amide bonds. The molecule has 0 aliphatic carbocycles. The van der Waals surface area contributed by atoms with Crippen LogP contribution in [0.3, 0.4) is 0 Å². The summed E-state index contributed by atoms with van der Waals surface area (Å²) in [4.78, 5) is 14.0. The van der Waals surface area contributed by atoms with Crippen molar-refractivity contribution in [2.45, 2.75) is 6.61 Å². The Balaban J connectivity index is 3.12. The Morgan fingerprint density at radius 3 is 2.75 bits per heavy atom. The maximum atomic E-state index is 10.4. The molecular weight excluding hydrogens is 182 g/mol. The van der Waals surface area contributed by atoms with Crippen LogP contribution in [-0.2, 0) is 6.61 Å². The van der Waals surface area contributed by atoms with E-state index in [-0.39, 0.29) is 17.3 Å². The lowest BCUT2D eigenvalue weighted by Crippen LogP contribution is -2.01. The Morgan fingerprint density at radius 2 is 2.33 bits per heavy atom. The van der Waals surface area contributed by atoms with Crippen LogP contribution in [-0.4, -0.2) is 21.2 Å². The van der Waals surface area contributed by atoms with E-state index in [9.17, 15) is 4.79 Å². The van der Waals surface area contributed by atoms with Gasteiger partial charge >= 0.3 is 5.97 Å². The van der Waals surface area contributed by atoms with Crippen molar-refractivity contribution in [3.8, 4) is 0 Å². The molecule has 0 bridgehead atoms. The molecule has 0 fully saturated rings. The fourth-order valence-electron chi connectivity index (χ4n) is 0.721. The van der Waals surface area contributed by atoms with E-state index in [1.807, 2.05) is 0 Å². The first kappa shape index (κ1) is 8.96. The molecule has 1 rings (SSSR count). The van der Waals surface area contributed by atoms with Crippen molar-refractivity contribution in [3.63, 3.8) is 0 Å². The van der Waals surface area contributed by atoms with Crippen molar-refractivity contribution in [2.75, 3.05) is 0 Å². The molecule has 1 aromatic rings. The second-order valence-corrected chi connectivity index (χ2v) is 2.54. The lowest BCUT2D eigenvalue weighted by atomic mass is 10.2. The highest BCUT2D eigenvalue weighted by atomic mass is 35.5. The number of carbonyl (C=O) groups is 1. The topological polar surface area (TPSA) is 70.4 Å². The van der Waals surface area contributed by atoms with Crippen LogP contribution in [0.25, 0.3) is 0 Å². The number of aromatic carboxylic acids is 1. The number of nitrogens with zero attached hydrogens (tertiary/aromatic N) is 1. The van der Waals surface area contributed by atoms with Crippen LogP contribution >= 0.6 is 11.6 Å². The second-order valence-electron chi connectivity index (χ2n) is 2.14. The van der Waals surface area contributed by atoms with Crippen LogP contribution in [0.5, 0.6) is 0 Å². The van der Waals surface area contributed by atoms with Gasteiger partial charge in [0.1, 0.15) is 0 Å². The summed E-state index contributed by atoms with van der Waals surface area (Å²) >= 11 is 5.55. The normalized spacial score (nSPS) is 9.83. The van der Waals surface area contributed by atoms with Gasteiger partial charge in [-0.3, -0.25) is 0 Å². The lowest BCUT2D eigenvalue weighted by molar-refractivity contribution is 0.0690. The average Bonchev–Trinajstić information content (AvgIpc) is 2.03. The minimum atomic E-state index is -1.18. The van der Waals surface area contributed by atoms with Crippen molar-refractivity contribution in [2.24, 2.45) is 0 Å². The summed E-state index contributed by atoms with van der Waals surface area (Å²) in [5.74, 6) is -1.18. The number of halogens is 1. The van der Waals surface area contributed by atoms with Crippen LogP contribution in [0, 0.1) is 0 Å². The SMILES string of the molecule is O=C(O)c1ncc(CO)cc1Cl. The molecule has 1 aromatic heterocycles. The summed E-state index contributed by atoms with van der Waals surface area (Å²) in [7, 11) is 0. The fourth-order valence-corrected chi connectivity index (χ4v) is 0.991. The van der Waals surface area contributed by atoms with E-state index in [1.54, 1.807) is 0 Å². The minimum absolute atomic E-state index is 0.0362. The molecule has 64 valence electrons. The van der Waals surface area contributed by atoms with Gasteiger partial charge in [-0.1, -0.05) is 11.6 Å². The van der Waals surface area contributed by atoms with Crippen LogP contribution < -0.4 is 0 Å². The molecule has 0 unspecified atom stereocenters. The average molecular weight is 188 g/mol. The van der Waals surface area contributed by atoms with Gasteiger partial charge < -0.3 is 10.2 Å². The molecule has 0 saturated carbocycles. The Morgan fingerprint density at radius 1 is 1.67 bits per heavy atom. The molecule has 0 radical (unpaired) electrons. The molecule has 5 heteroatoms. The Bertz CT molecular complexity index is 314. The van der Waals surface area contributed by atoms with Gasteiger partial charge in [0.25, 0.3) is 0 Å². The smallest absolute Gasteiger partial charge is 0.356 e. The summed E-state index contributed by atoms with van der Waals surface area (Å²) in [6.07, 6.45) is 1.27. The number of hydrogen-bond donors (Lipinski definition) is 2. The second kappa shape index (κ2) is 3.51. The standard InChI is InChI=1S/C7H6ClNO3/c8-5-1-4(3-10)2-9-6(5)7(11)12/h1-2,10H,3H2,(H,11,12). The molecule has 0 atom stereocenters. The van der Waals surface area contributed by atoms with Crippen LogP contribution in [0.2, 0.25) is 5.02 Å². The number of carboxylic acids is 1. The van der Waals surface area contributed by atoms with E-state index in [4.69, 9.17) is 21.8 Å². The highest BCUT2D eigenvalue weighted by Gasteiger charge is 2.09. The summed E-state index contributed by atoms with van der Waals surface area (Å²) < 4.78 is 0. The Labute approximate surface area is 73.4 Å². The monoisotopic (exact) mass is 187 g/mol. The van der Waals surface area contributed by atoms with Crippen molar-refractivity contribution in [3.05, 3.63) is 28.5 Å². The highest BCUT2D eigenvalue weighted by molar-refractivity contribution is 6.33. The van der Waals surface area contributed by atoms with Gasteiger partial charge in [0.2, 0.25) is 0 Å². The molecule has 0 spiro atoms. The Kier molecular flexibility index (Phi) is 2.62. The zero-order valence-corrected chi connectivity index (χ0v) is 6.75. The molecule has 2 N–H and O–H groups in total. The van der Waals surface area contributed by atoms with Gasteiger partial charge in [-0.2, -0.15) is 0 Å². The molecule has 0 aliphatic heterocycles. The van der Waals surface area contributed by atoms with Gasteiger partial charge in [-0.25, -0.2) is 9.78 Å². The third-order valence-corrected chi connectivity index (χ3v) is 1.57. The molecule has 1 heterocycles. The van der Waals surface area contributed by atoms with Crippen molar-refractivity contribution >= 4 is 17.6 Å². The zero-order valence-electron chi connectivity index (χ0n) is 5.99. The largest absolute Gasteiger partial charge is 0.476 e. The predicted octanol–water partition coefficient (Wildman–Crippen LogP) is 0.925. The van der Waals surface area contributed by atoms with Crippen molar-refractivity contribution in [1.82, 2.24) is 4.98 Å². The first-order valence-electron chi connectivity index (χ1n) is 3.13. The van der Waals surface area contributed by atoms with Crippen LogP contribution in [0.1, 0.15) is 16.1 Å². The fraction of sp³-hybridized carbons (Fsp3) is 0.143. The number of rotatable bonds is 2. The maximum absolute atomic E-state index is 10.4. The number of pyridine rings is 1. The highest BCUT2D eigenvalue weighted by Crippen LogP contribution is 2.14. The number of aliphatic hydroxyl groups is 1. The van der Waals surface area contributed by atoms with E-state index in [0.717, 1.165) is 0 Å². The van der Waals surface area contributed by atoms with E-state index in [0.29, 0.717) is 5.56 Å². The number of aliphatic hydroxyl groups excluding tert-OH is 1. The van der Waals surface area contributed by atoms with Gasteiger partial charge in [0.15, 0.2) is 5.69 Å². The van der Waals surface area contributed by atoms with E-state index < -0.39 is 5.97 Å². The molecule has 12 heavy (non-hydrogen) atoms. The predicted molar refractivity (Wildman–Crippen MR) is 42.1 cm³/mol. The zero-order chi connectivity index (χ0) is 9.14.